The number of benzene rings is 1. The molecule has 4 saturated carbocycles. The smallest absolute Gasteiger partial charge is 0.312 e. The molecule has 35 heavy (non-hydrogen) atoms. The topological polar surface area (TPSA) is 35.5 Å². The van der Waals surface area contributed by atoms with Crippen molar-refractivity contribution in [2.45, 2.75) is 122 Å². The predicted molar refractivity (Wildman–Crippen MR) is 145 cm³/mol. The van der Waals surface area contributed by atoms with Crippen molar-refractivity contribution in [1.82, 2.24) is 0 Å². The number of hydrogen-bond acceptors (Lipinski definition) is 3. The van der Waals surface area contributed by atoms with Crippen molar-refractivity contribution in [3.05, 3.63) is 35.9 Å². The summed E-state index contributed by atoms with van der Waals surface area (Å²) in [6.45, 7) is 13.9. The van der Waals surface area contributed by atoms with Gasteiger partial charge in [-0.15, -0.1) is 0 Å². The van der Waals surface area contributed by atoms with Crippen LogP contribution < -0.4 is 0 Å². The minimum Gasteiger partial charge on any atom is -0.462 e. The van der Waals surface area contributed by atoms with Crippen molar-refractivity contribution in [3.8, 4) is 0 Å². The molecule has 4 fully saturated rings. The van der Waals surface area contributed by atoms with Crippen LogP contribution in [0.3, 0.4) is 0 Å². The lowest BCUT2D eigenvalue weighted by atomic mass is 9.40. The molecule has 4 aliphatic rings. The lowest BCUT2D eigenvalue weighted by molar-refractivity contribution is -0.265. The van der Waals surface area contributed by atoms with E-state index in [1.54, 1.807) is 0 Å². The van der Waals surface area contributed by atoms with Gasteiger partial charge in [0, 0.05) is 11.3 Å². The molecule has 194 valence electrons. The van der Waals surface area contributed by atoms with Crippen molar-refractivity contribution >= 4 is 14.3 Å². The molecule has 0 heterocycles. The van der Waals surface area contributed by atoms with Gasteiger partial charge in [-0.25, -0.2) is 0 Å². The Balaban J connectivity index is 1.43. The van der Waals surface area contributed by atoms with E-state index >= 15 is 0 Å². The Morgan fingerprint density at radius 3 is 2.37 bits per heavy atom. The third kappa shape index (κ3) is 4.15. The van der Waals surface area contributed by atoms with Gasteiger partial charge in [-0.1, -0.05) is 76.8 Å². The molecule has 0 bridgehead atoms. The summed E-state index contributed by atoms with van der Waals surface area (Å²) in [6, 6.07) is 10.9. The van der Waals surface area contributed by atoms with Gasteiger partial charge in [0.2, 0.25) is 0 Å². The molecule has 0 unspecified atom stereocenters. The second-order valence-electron chi connectivity index (χ2n) is 14.0. The zero-order valence-corrected chi connectivity index (χ0v) is 24.1. The molecule has 1 spiro atoms. The molecular formula is C31H48O3Si. The Kier molecular flexibility index (Phi) is 6.57. The molecule has 0 N–H and O–H groups in total. The number of carbonyl (C=O) groups excluding carboxylic acids is 1. The average Bonchev–Trinajstić information content (AvgIpc) is 3.13. The molecule has 0 amide bonds. The molecular weight excluding hydrogens is 448 g/mol. The first kappa shape index (κ1) is 25.5. The quantitative estimate of drug-likeness (QED) is 0.297. The first-order valence-electron chi connectivity index (χ1n) is 14.5. The number of rotatable bonds is 6. The summed E-state index contributed by atoms with van der Waals surface area (Å²) in [5.41, 5.74) is 1.29. The van der Waals surface area contributed by atoms with Crippen LogP contribution in [-0.2, 0) is 19.4 Å². The van der Waals surface area contributed by atoms with Gasteiger partial charge >= 0.3 is 5.97 Å². The highest BCUT2D eigenvalue weighted by Crippen LogP contribution is 2.74. The monoisotopic (exact) mass is 496 g/mol. The Bertz CT molecular complexity index is 921. The molecule has 4 aliphatic carbocycles. The fourth-order valence-corrected chi connectivity index (χ4v) is 10.6. The van der Waals surface area contributed by atoms with Crippen LogP contribution in [0.15, 0.2) is 30.3 Å². The van der Waals surface area contributed by atoms with E-state index in [0.29, 0.717) is 17.8 Å². The highest BCUT2D eigenvalue weighted by Gasteiger charge is 2.76. The molecule has 0 aromatic heterocycles. The van der Waals surface area contributed by atoms with E-state index in [1.807, 2.05) is 0 Å². The van der Waals surface area contributed by atoms with E-state index in [0.717, 1.165) is 19.3 Å². The summed E-state index contributed by atoms with van der Waals surface area (Å²) in [6.07, 6.45) is 11.8. The largest absolute Gasteiger partial charge is 0.462 e. The maximum absolute atomic E-state index is 14.2. The van der Waals surface area contributed by atoms with Crippen LogP contribution >= 0.6 is 0 Å². The summed E-state index contributed by atoms with van der Waals surface area (Å²) in [7, 11) is -1.82. The lowest BCUT2D eigenvalue weighted by Gasteiger charge is -2.69. The molecule has 7 atom stereocenters. The van der Waals surface area contributed by atoms with Crippen LogP contribution in [0.1, 0.15) is 90.5 Å². The number of esters is 1. The highest BCUT2D eigenvalue weighted by atomic mass is 28.4. The number of hydrogen-bond donors (Lipinski definition) is 0. The molecule has 0 saturated heterocycles. The fourth-order valence-electron chi connectivity index (χ4n) is 9.11. The minimum absolute atomic E-state index is 0.00891. The van der Waals surface area contributed by atoms with Gasteiger partial charge in [0.1, 0.15) is 6.10 Å². The van der Waals surface area contributed by atoms with Crippen LogP contribution in [0.4, 0.5) is 0 Å². The summed E-state index contributed by atoms with van der Waals surface area (Å²) in [4.78, 5) is 14.2. The van der Waals surface area contributed by atoms with E-state index in [1.165, 1.54) is 50.5 Å². The van der Waals surface area contributed by atoms with Gasteiger partial charge in [-0.05, 0) is 81.0 Å². The summed E-state index contributed by atoms with van der Waals surface area (Å²) in [5.74, 6) is 1.42. The third-order valence-corrected chi connectivity index (χ3v) is 11.5. The number of ether oxygens (including phenoxy) is 1. The molecule has 1 aromatic rings. The first-order chi connectivity index (χ1) is 16.5. The predicted octanol–water partition coefficient (Wildman–Crippen LogP) is 7.89. The second-order valence-corrected chi connectivity index (χ2v) is 18.5. The van der Waals surface area contributed by atoms with Gasteiger partial charge in [0.05, 0.1) is 11.5 Å². The van der Waals surface area contributed by atoms with E-state index in [-0.39, 0.29) is 34.4 Å². The SMILES string of the molecule is C[C@@H]1CC[C@@H](C(C)(C)c2ccccc2)[C@H](OC(=O)[C@H]2[C@@H]3CCC[C@@]34CCCC[C@@]24O[Si](C)(C)C)C1. The van der Waals surface area contributed by atoms with Crippen molar-refractivity contribution in [2.24, 2.45) is 29.1 Å². The van der Waals surface area contributed by atoms with Crippen LogP contribution in [0.25, 0.3) is 0 Å². The molecule has 0 aliphatic heterocycles. The molecule has 0 radical (unpaired) electrons. The lowest BCUT2D eigenvalue weighted by Crippen LogP contribution is -2.75. The van der Waals surface area contributed by atoms with E-state index in [2.05, 4.69) is 70.7 Å². The van der Waals surface area contributed by atoms with Gasteiger partial charge in [0.25, 0.3) is 0 Å². The normalized spacial score (nSPS) is 39.3. The van der Waals surface area contributed by atoms with E-state index < -0.39 is 8.32 Å². The van der Waals surface area contributed by atoms with Crippen molar-refractivity contribution in [1.29, 1.82) is 0 Å². The Hall–Kier alpha value is -1.13. The Morgan fingerprint density at radius 2 is 1.66 bits per heavy atom. The maximum atomic E-state index is 14.2. The van der Waals surface area contributed by atoms with E-state index in [9.17, 15) is 4.79 Å². The molecule has 5 rings (SSSR count). The summed E-state index contributed by atoms with van der Waals surface area (Å²) in [5, 5.41) is 0. The van der Waals surface area contributed by atoms with Gasteiger partial charge in [0.15, 0.2) is 8.32 Å². The fraction of sp³-hybridized carbons (Fsp3) is 0.774. The molecule has 3 nitrogen and oxygen atoms in total. The van der Waals surface area contributed by atoms with Crippen LogP contribution in [-0.4, -0.2) is 26.0 Å². The van der Waals surface area contributed by atoms with Crippen molar-refractivity contribution in [3.63, 3.8) is 0 Å². The first-order valence-corrected chi connectivity index (χ1v) is 17.9. The highest BCUT2D eigenvalue weighted by molar-refractivity contribution is 6.69. The van der Waals surface area contributed by atoms with Crippen LogP contribution in [0.5, 0.6) is 0 Å². The van der Waals surface area contributed by atoms with Crippen molar-refractivity contribution < 1.29 is 14.0 Å². The third-order valence-electron chi connectivity index (χ3n) is 10.5. The standard InChI is InChI=1S/C31H48O3Si/c1-22-16-17-24(29(2,3)23-13-8-7-9-14-23)26(21-22)33-28(32)27-25-15-12-19-30(25)18-10-11-20-31(27,30)34-35(4,5)6/h7-9,13-14,22,24-27H,10-12,15-21H2,1-6H3/t22-,24-,25+,26-,27-,30+,31-/m1/s1. The minimum atomic E-state index is -1.82. The van der Waals surface area contributed by atoms with Gasteiger partial charge in [-0.3, -0.25) is 4.79 Å². The summed E-state index contributed by atoms with van der Waals surface area (Å²) >= 11 is 0. The Morgan fingerprint density at radius 1 is 0.971 bits per heavy atom. The zero-order valence-electron chi connectivity index (χ0n) is 23.1. The van der Waals surface area contributed by atoms with Crippen molar-refractivity contribution in [2.75, 3.05) is 0 Å². The maximum Gasteiger partial charge on any atom is 0.312 e. The Labute approximate surface area is 214 Å². The zero-order chi connectivity index (χ0) is 25.1. The van der Waals surface area contributed by atoms with Crippen LogP contribution in [0, 0.1) is 29.1 Å². The number of carbonyl (C=O) groups is 1. The summed E-state index contributed by atoms with van der Waals surface area (Å²) < 4.78 is 13.8. The van der Waals surface area contributed by atoms with Gasteiger partial charge < -0.3 is 9.16 Å². The average molecular weight is 497 g/mol. The van der Waals surface area contributed by atoms with E-state index in [4.69, 9.17) is 9.16 Å². The van der Waals surface area contributed by atoms with Crippen LogP contribution in [0.2, 0.25) is 19.6 Å². The molecule has 4 heteroatoms. The molecule has 1 aromatic carbocycles. The van der Waals surface area contributed by atoms with Gasteiger partial charge in [-0.2, -0.15) is 0 Å². The second kappa shape index (κ2) is 9.01.